The summed E-state index contributed by atoms with van der Waals surface area (Å²) in [5.74, 6) is -2.66. The number of pyridine rings is 1. The fourth-order valence-corrected chi connectivity index (χ4v) is 8.28. The van der Waals surface area contributed by atoms with E-state index < -0.39 is 23.6 Å². The fraction of sp³-hybridized carbons (Fsp3) is 0.289. The van der Waals surface area contributed by atoms with Crippen molar-refractivity contribution < 1.29 is 27.8 Å². The van der Waals surface area contributed by atoms with Crippen LogP contribution < -0.4 is 4.74 Å². The number of hydrogen-bond acceptors (Lipinski definition) is 6. The Morgan fingerprint density at radius 1 is 1.08 bits per heavy atom. The topological polar surface area (TPSA) is 85.4 Å². The van der Waals surface area contributed by atoms with E-state index in [2.05, 4.69) is 6.58 Å². The third kappa shape index (κ3) is 5.20. The van der Waals surface area contributed by atoms with Crippen molar-refractivity contribution in [3.05, 3.63) is 89.8 Å². The van der Waals surface area contributed by atoms with E-state index in [4.69, 9.17) is 14.8 Å². The average molecular weight is 698 g/mol. The molecule has 0 saturated heterocycles. The molecule has 1 saturated carbocycles. The monoisotopic (exact) mass is 697 g/mol. The van der Waals surface area contributed by atoms with E-state index in [1.54, 1.807) is 11.0 Å². The number of hydrogen-bond donors (Lipinski definition) is 1. The molecule has 4 aromatic heterocycles. The summed E-state index contributed by atoms with van der Waals surface area (Å²) in [4.78, 5) is 19.6. The van der Waals surface area contributed by atoms with Gasteiger partial charge >= 0.3 is 0 Å². The van der Waals surface area contributed by atoms with Gasteiger partial charge in [-0.05, 0) is 62.9 Å². The third-order valence-corrected chi connectivity index (χ3v) is 11.0. The van der Waals surface area contributed by atoms with Crippen molar-refractivity contribution in [3.8, 4) is 39.5 Å². The van der Waals surface area contributed by atoms with Crippen LogP contribution in [0, 0.1) is 23.4 Å². The number of halogens is 3. The summed E-state index contributed by atoms with van der Waals surface area (Å²) in [6, 6.07) is 10.9. The lowest BCUT2D eigenvalue weighted by Gasteiger charge is -2.36. The fourth-order valence-electron chi connectivity index (χ4n) is 7.35. The van der Waals surface area contributed by atoms with Crippen LogP contribution in [0.15, 0.2) is 66.7 Å². The van der Waals surface area contributed by atoms with Gasteiger partial charge in [0.05, 0.1) is 46.4 Å². The van der Waals surface area contributed by atoms with Crippen molar-refractivity contribution in [2.45, 2.75) is 44.9 Å². The first-order chi connectivity index (χ1) is 24.0. The second-order valence-electron chi connectivity index (χ2n) is 13.4. The lowest BCUT2D eigenvalue weighted by atomic mass is 9.83. The second-order valence-corrected chi connectivity index (χ2v) is 14.2. The number of carbonyl (C=O) groups is 1. The quantitative estimate of drug-likeness (QED) is 0.170. The molecule has 0 radical (unpaired) electrons. The highest BCUT2D eigenvalue weighted by Gasteiger charge is 2.35. The molecule has 8 rings (SSSR count). The summed E-state index contributed by atoms with van der Waals surface area (Å²) in [6.45, 7) is 8.00. The van der Waals surface area contributed by atoms with Crippen molar-refractivity contribution in [2.75, 3.05) is 13.2 Å². The first kappa shape index (κ1) is 32.3. The molecular weight excluding hydrogens is 664 g/mol. The maximum atomic E-state index is 16.3. The van der Waals surface area contributed by atoms with E-state index in [9.17, 15) is 14.3 Å². The zero-order chi connectivity index (χ0) is 35.0. The number of thiophene rings is 1. The predicted octanol–water partition coefficient (Wildman–Crippen LogP) is 8.20. The molecule has 1 N–H and O–H groups in total. The van der Waals surface area contributed by atoms with Gasteiger partial charge in [-0.15, -0.1) is 11.3 Å². The van der Waals surface area contributed by atoms with Crippen LogP contribution in [-0.2, 0) is 11.8 Å². The van der Waals surface area contributed by atoms with Crippen LogP contribution in [0.25, 0.3) is 54.8 Å². The molecule has 8 nitrogen and oxygen atoms in total. The number of aliphatic hydroxyl groups is 1. The van der Waals surface area contributed by atoms with E-state index in [0.29, 0.717) is 35.5 Å². The number of rotatable bonds is 7. The van der Waals surface area contributed by atoms with Crippen molar-refractivity contribution in [1.29, 1.82) is 0 Å². The number of aryl methyl sites for hydroxylation is 1. The minimum atomic E-state index is -0.935. The molecule has 0 unspecified atom stereocenters. The van der Waals surface area contributed by atoms with Crippen molar-refractivity contribution in [1.82, 2.24) is 24.2 Å². The normalized spacial score (nSPS) is 20.3. The van der Waals surface area contributed by atoms with Crippen molar-refractivity contribution >= 4 is 38.2 Å². The first-order valence-corrected chi connectivity index (χ1v) is 17.4. The summed E-state index contributed by atoms with van der Waals surface area (Å²) in [7, 11) is 1.95. The van der Waals surface area contributed by atoms with Gasteiger partial charge in [0.1, 0.15) is 34.6 Å². The number of aliphatic hydroxyl groups excluding tert-OH is 1. The summed E-state index contributed by atoms with van der Waals surface area (Å²) in [6.07, 6.45) is 3.84. The molecule has 6 aromatic rings. The number of fused-ring (bicyclic) bond motifs is 3. The molecule has 1 aliphatic carbocycles. The van der Waals surface area contributed by atoms with Gasteiger partial charge < -0.3 is 19.3 Å². The second kappa shape index (κ2) is 12.1. The Hall–Kier alpha value is -4.94. The van der Waals surface area contributed by atoms with Gasteiger partial charge in [0.25, 0.3) is 0 Å². The minimum absolute atomic E-state index is 0.0130. The number of aromatic nitrogens is 4. The molecule has 50 heavy (non-hydrogen) atoms. The Morgan fingerprint density at radius 2 is 1.88 bits per heavy atom. The van der Waals surface area contributed by atoms with Crippen molar-refractivity contribution in [2.24, 2.45) is 13.0 Å². The highest BCUT2D eigenvalue weighted by atomic mass is 32.1. The molecule has 2 aromatic carbocycles. The summed E-state index contributed by atoms with van der Waals surface area (Å²) < 4.78 is 57.8. The number of ether oxygens (including phenoxy) is 1. The molecule has 0 spiro atoms. The molecule has 1 aliphatic heterocycles. The van der Waals surface area contributed by atoms with Crippen LogP contribution in [0.4, 0.5) is 13.2 Å². The Morgan fingerprint density at radius 3 is 2.64 bits per heavy atom. The van der Waals surface area contributed by atoms with Gasteiger partial charge in [0, 0.05) is 64.7 Å². The van der Waals surface area contributed by atoms with Crippen LogP contribution in [-0.4, -0.2) is 54.5 Å². The minimum Gasteiger partial charge on any atom is -0.492 e. The first-order valence-electron chi connectivity index (χ1n) is 16.5. The highest BCUT2D eigenvalue weighted by Crippen LogP contribution is 2.49. The lowest BCUT2D eigenvalue weighted by molar-refractivity contribution is -0.129. The van der Waals surface area contributed by atoms with Crippen LogP contribution in [0.2, 0.25) is 0 Å². The molecule has 2 atom stereocenters. The molecule has 0 bridgehead atoms. The van der Waals surface area contributed by atoms with E-state index >= 15 is 8.78 Å². The van der Waals surface area contributed by atoms with Gasteiger partial charge in [0.2, 0.25) is 5.91 Å². The number of benzene rings is 2. The van der Waals surface area contributed by atoms with Crippen LogP contribution in [0.3, 0.4) is 0 Å². The van der Waals surface area contributed by atoms with E-state index in [1.807, 2.05) is 60.6 Å². The smallest absolute Gasteiger partial charge is 0.246 e. The third-order valence-electron chi connectivity index (χ3n) is 10.0. The largest absolute Gasteiger partial charge is 0.492 e. The summed E-state index contributed by atoms with van der Waals surface area (Å²) in [5.41, 5.74) is 3.45. The van der Waals surface area contributed by atoms with Gasteiger partial charge in [0.15, 0.2) is 0 Å². The molecule has 12 heteroatoms. The van der Waals surface area contributed by atoms with Gasteiger partial charge in [-0.2, -0.15) is 5.10 Å². The summed E-state index contributed by atoms with van der Waals surface area (Å²) in [5, 5.41) is 17.2. The predicted molar refractivity (Wildman–Crippen MR) is 187 cm³/mol. The highest BCUT2D eigenvalue weighted by molar-refractivity contribution is 7.17. The van der Waals surface area contributed by atoms with Crippen LogP contribution in [0.5, 0.6) is 5.75 Å². The maximum Gasteiger partial charge on any atom is 0.246 e. The van der Waals surface area contributed by atoms with E-state index in [0.717, 1.165) is 45.6 Å². The Kier molecular flexibility index (Phi) is 7.83. The molecule has 256 valence electrons. The van der Waals surface area contributed by atoms with Gasteiger partial charge in [-0.3, -0.25) is 9.48 Å². The Balaban J connectivity index is 1.40. The van der Waals surface area contributed by atoms with Crippen molar-refractivity contribution in [3.63, 3.8) is 0 Å². The molecule has 1 fully saturated rings. The van der Waals surface area contributed by atoms with E-state index in [-0.39, 0.29) is 58.5 Å². The van der Waals surface area contributed by atoms with Gasteiger partial charge in [-0.1, -0.05) is 12.6 Å². The summed E-state index contributed by atoms with van der Waals surface area (Å²) >= 11 is 1.15. The zero-order valence-electron chi connectivity index (χ0n) is 27.7. The average Bonchev–Trinajstić information content (AvgIpc) is 3.80. The molecule has 5 heterocycles. The standard InChI is InChI=1S/C38H34F3N5O3S/c1-5-32(48)45-16-19(2)46-30(20(45)3)15-28(43-46)37-35(33-26(40)13-24(39)14-31(33)49-17-21-10-25(47)11-21)34-27(41)18-50-38(34)36(42-37)23-6-7-29-22(12-23)8-9-44(29)4/h5-9,12-15,18-21,25,47H,1,10-11,16-17H2,2-4H3/t19-,20+,21?,25?/m0/s1. The zero-order valence-corrected chi connectivity index (χ0v) is 28.5. The lowest BCUT2D eigenvalue weighted by Crippen LogP contribution is -2.42. The Bertz CT molecular complexity index is 2340. The maximum absolute atomic E-state index is 16.3. The molecule has 2 aliphatic rings. The SMILES string of the molecule is C=CC(=O)N1C[C@H](C)n2nc(-c3nc(-c4ccc5c(ccn5C)c4)c4scc(F)c4c3-c3c(F)cc(F)cc3OCC3CC(O)C3)cc2[C@H]1C. The van der Waals surface area contributed by atoms with Crippen LogP contribution >= 0.6 is 11.3 Å². The Labute approximate surface area is 290 Å². The number of carbonyl (C=O) groups excluding carboxylic acids is 1. The molecular formula is C38H34F3N5O3S. The van der Waals surface area contributed by atoms with E-state index in [1.165, 1.54) is 11.5 Å². The van der Waals surface area contributed by atoms with Crippen LogP contribution in [0.1, 0.15) is 44.5 Å². The van der Waals surface area contributed by atoms with Gasteiger partial charge in [-0.25, -0.2) is 18.2 Å². The molecule has 1 amide bonds. The number of nitrogens with zero attached hydrogens (tertiary/aromatic N) is 5. The number of amides is 1.